The van der Waals surface area contributed by atoms with Crippen molar-refractivity contribution in [3.63, 3.8) is 0 Å². The molecule has 0 radical (unpaired) electrons. The van der Waals surface area contributed by atoms with Crippen molar-refractivity contribution in [3.05, 3.63) is 27.1 Å². The topological polar surface area (TPSA) is 55.4 Å². The summed E-state index contributed by atoms with van der Waals surface area (Å²) >= 11 is 6.53. The Labute approximate surface area is 131 Å². The fourth-order valence-corrected chi connectivity index (χ4v) is 4.09. The average Bonchev–Trinajstić information content (AvgIpc) is 2.27. The molecule has 0 aliphatic carbocycles. The summed E-state index contributed by atoms with van der Waals surface area (Å²) < 4.78 is 33.3. The van der Waals surface area contributed by atoms with E-state index in [2.05, 4.69) is 36.6 Å². The third-order valence-corrected chi connectivity index (χ3v) is 5.10. The van der Waals surface area contributed by atoms with Crippen LogP contribution in [-0.4, -0.2) is 28.2 Å². The number of rotatable bonds is 7. The molecule has 0 aromatic heterocycles. The van der Waals surface area contributed by atoms with Crippen LogP contribution >= 0.6 is 31.9 Å². The molecule has 0 atom stereocenters. The number of halogens is 2. The van der Waals surface area contributed by atoms with Gasteiger partial charge in [-0.1, -0.05) is 29.8 Å². The molecule has 1 N–H and O–H groups in total. The fraction of sp³-hybridized carbons (Fsp3) is 0.500. The van der Waals surface area contributed by atoms with Crippen LogP contribution in [0.5, 0.6) is 0 Å². The van der Waals surface area contributed by atoms with E-state index in [1.54, 1.807) is 18.2 Å². The van der Waals surface area contributed by atoms with Crippen molar-refractivity contribution in [2.24, 2.45) is 5.92 Å². The van der Waals surface area contributed by atoms with Gasteiger partial charge in [-0.3, -0.25) is 0 Å². The van der Waals surface area contributed by atoms with Crippen LogP contribution in [0, 0.1) is 5.92 Å². The second kappa shape index (κ2) is 7.73. The summed E-state index contributed by atoms with van der Waals surface area (Å²) in [5.74, 6) is 0.442. The number of benzene rings is 1. The number of nitrogens with one attached hydrogen (secondary N) is 1. The monoisotopic (exact) mass is 413 g/mol. The second-order valence-corrected chi connectivity index (χ2v) is 7.95. The van der Waals surface area contributed by atoms with Gasteiger partial charge in [-0.05, 0) is 40.0 Å². The molecule has 0 fully saturated rings. The molecular formula is C12H17Br2NO3S. The lowest BCUT2D eigenvalue weighted by atomic mass is 10.2. The molecule has 1 aromatic rings. The zero-order chi connectivity index (χ0) is 14.5. The van der Waals surface area contributed by atoms with Gasteiger partial charge in [-0.25, -0.2) is 13.1 Å². The van der Waals surface area contributed by atoms with Gasteiger partial charge in [0.25, 0.3) is 0 Å². The van der Waals surface area contributed by atoms with Gasteiger partial charge in [0.05, 0.1) is 11.5 Å². The molecule has 0 aliphatic heterocycles. The maximum atomic E-state index is 12.0. The Kier molecular flexibility index (Phi) is 6.96. The molecule has 0 unspecified atom stereocenters. The molecule has 1 aromatic carbocycles. The minimum atomic E-state index is -3.51. The first-order valence-corrected chi connectivity index (χ1v) is 8.92. The highest BCUT2D eigenvalue weighted by atomic mass is 79.9. The number of ether oxygens (including phenoxy) is 1. The van der Waals surface area contributed by atoms with E-state index < -0.39 is 10.0 Å². The Hall–Kier alpha value is 0.0500. The van der Waals surface area contributed by atoms with E-state index in [0.717, 1.165) is 4.47 Å². The summed E-state index contributed by atoms with van der Waals surface area (Å²) in [7, 11) is -3.51. The van der Waals surface area contributed by atoms with Crippen molar-refractivity contribution in [2.45, 2.75) is 18.7 Å². The Morgan fingerprint density at radius 1 is 1.32 bits per heavy atom. The normalized spacial score (nSPS) is 12.1. The maximum Gasteiger partial charge on any atom is 0.241 e. The van der Waals surface area contributed by atoms with Gasteiger partial charge in [0.1, 0.15) is 0 Å². The fourth-order valence-electron chi connectivity index (χ4n) is 1.34. The molecule has 108 valence electrons. The third-order valence-electron chi connectivity index (χ3n) is 2.17. The van der Waals surface area contributed by atoms with Crippen molar-refractivity contribution in [1.82, 2.24) is 4.72 Å². The first kappa shape index (κ1) is 17.1. The summed E-state index contributed by atoms with van der Waals surface area (Å²) in [4.78, 5) is 0.222. The van der Waals surface area contributed by atoms with Gasteiger partial charge in [0, 0.05) is 22.1 Å². The molecule has 1 rings (SSSR count). The van der Waals surface area contributed by atoms with Crippen molar-refractivity contribution in [1.29, 1.82) is 0 Å². The predicted molar refractivity (Wildman–Crippen MR) is 82.7 cm³/mol. The van der Waals surface area contributed by atoms with Gasteiger partial charge < -0.3 is 4.74 Å². The quantitative estimate of drug-likeness (QED) is 0.697. The first-order chi connectivity index (χ1) is 8.83. The van der Waals surface area contributed by atoms with Crippen molar-refractivity contribution in [2.75, 3.05) is 19.8 Å². The zero-order valence-corrected chi connectivity index (χ0v) is 14.8. The molecule has 0 aliphatic rings. The van der Waals surface area contributed by atoms with Crippen molar-refractivity contribution in [3.8, 4) is 0 Å². The van der Waals surface area contributed by atoms with E-state index >= 15 is 0 Å². The van der Waals surface area contributed by atoms with Gasteiger partial charge in [0.15, 0.2) is 0 Å². The standard InChI is InChI=1S/C12H17Br2NO3S/c1-9(2)8-18-6-5-15-19(16,17)12-4-3-10(13)7-11(12)14/h3-4,7,9,15H,5-6,8H2,1-2H3. The van der Waals surface area contributed by atoms with Crippen LogP contribution < -0.4 is 4.72 Å². The Morgan fingerprint density at radius 3 is 2.58 bits per heavy atom. The summed E-state index contributed by atoms with van der Waals surface area (Å²) in [6.45, 7) is 5.35. The predicted octanol–water partition coefficient (Wildman–Crippen LogP) is 3.16. The molecule has 0 bridgehead atoms. The summed E-state index contributed by atoms with van der Waals surface area (Å²) in [5.41, 5.74) is 0. The Bertz CT molecular complexity index is 518. The van der Waals surface area contributed by atoms with Crippen LogP contribution in [0.4, 0.5) is 0 Å². The average molecular weight is 415 g/mol. The van der Waals surface area contributed by atoms with E-state index in [9.17, 15) is 8.42 Å². The maximum absolute atomic E-state index is 12.0. The number of hydrogen-bond donors (Lipinski definition) is 1. The molecule has 0 heterocycles. The highest BCUT2D eigenvalue weighted by molar-refractivity contribution is 9.11. The lowest BCUT2D eigenvalue weighted by Gasteiger charge is -2.10. The van der Waals surface area contributed by atoms with Crippen LogP contribution in [0.15, 0.2) is 32.0 Å². The van der Waals surface area contributed by atoms with E-state index in [-0.39, 0.29) is 11.4 Å². The highest BCUT2D eigenvalue weighted by Gasteiger charge is 2.16. The zero-order valence-electron chi connectivity index (χ0n) is 10.8. The smallest absolute Gasteiger partial charge is 0.241 e. The molecular weight excluding hydrogens is 398 g/mol. The Balaban J connectivity index is 2.56. The number of sulfonamides is 1. The Morgan fingerprint density at radius 2 is 2.00 bits per heavy atom. The molecule has 0 saturated carbocycles. The number of hydrogen-bond acceptors (Lipinski definition) is 3. The molecule has 7 heteroatoms. The molecule has 19 heavy (non-hydrogen) atoms. The minimum Gasteiger partial charge on any atom is -0.380 e. The molecule has 0 spiro atoms. The second-order valence-electron chi connectivity index (χ2n) is 4.44. The third kappa shape index (κ3) is 5.91. The van der Waals surface area contributed by atoms with Crippen molar-refractivity contribution >= 4 is 41.9 Å². The van der Waals surface area contributed by atoms with Crippen molar-refractivity contribution < 1.29 is 13.2 Å². The van der Waals surface area contributed by atoms with Gasteiger partial charge >= 0.3 is 0 Å². The SMILES string of the molecule is CC(C)COCCNS(=O)(=O)c1ccc(Br)cc1Br. The summed E-state index contributed by atoms with van der Waals surface area (Å²) in [5, 5.41) is 0. The van der Waals surface area contributed by atoms with Gasteiger partial charge in [-0.2, -0.15) is 0 Å². The summed E-state index contributed by atoms with van der Waals surface area (Å²) in [6.07, 6.45) is 0. The van der Waals surface area contributed by atoms with Crippen LogP contribution in [0.3, 0.4) is 0 Å². The van der Waals surface area contributed by atoms with Crippen LogP contribution in [0.1, 0.15) is 13.8 Å². The van der Waals surface area contributed by atoms with Crippen LogP contribution in [0.25, 0.3) is 0 Å². The van der Waals surface area contributed by atoms with E-state index in [1.807, 2.05) is 13.8 Å². The lowest BCUT2D eigenvalue weighted by Crippen LogP contribution is -2.28. The summed E-state index contributed by atoms with van der Waals surface area (Å²) in [6, 6.07) is 4.93. The highest BCUT2D eigenvalue weighted by Crippen LogP contribution is 2.25. The van der Waals surface area contributed by atoms with Gasteiger partial charge in [-0.15, -0.1) is 0 Å². The molecule has 0 amide bonds. The van der Waals surface area contributed by atoms with Crippen LogP contribution in [-0.2, 0) is 14.8 Å². The molecule has 0 saturated heterocycles. The minimum absolute atomic E-state index is 0.222. The van der Waals surface area contributed by atoms with E-state index in [1.165, 1.54) is 0 Å². The largest absolute Gasteiger partial charge is 0.380 e. The van der Waals surface area contributed by atoms with Crippen LogP contribution in [0.2, 0.25) is 0 Å². The van der Waals surface area contributed by atoms with E-state index in [0.29, 0.717) is 23.6 Å². The lowest BCUT2D eigenvalue weighted by molar-refractivity contribution is 0.114. The molecule has 4 nitrogen and oxygen atoms in total. The van der Waals surface area contributed by atoms with E-state index in [4.69, 9.17) is 4.74 Å². The van der Waals surface area contributed by atoms with Gasteiger partial charge in [0.2, 0.25) is 10.0 Å². The first-order valence-electron chi connectivity index (χ1n) is 5.85.